The lowest BCUT2D eigenvalue weighted by molar-refractivity contribution is -0.122. The molecule has 0 bridgehead atoms. The van der Waals surface area contributed by atoms with Crippen LogP contribution in [-0.2, 0) is 16.2 Å². The summed E-state index contributed by atoms with van der Waals surface area (Å²) in [6, 6.07) is 17.8. The normalized spacial score (nSPS) is 15.1. The third-order valence-corrected chi connectivity index (χ3v) is 5.87. The van der Waals surface area contributed by atoms with Crippen LogP contribution in [0.25, 0.3) is 6.08 Å². The summed E-state index contributed by atoms with van der Waals surface area (Å²) in [7, 11) is 0. The number of para-hydroxylation sites is 1. The van der Waals surface area contributed by atoms with E-state index in [4.69, 9.17) is 27.9 Å². The zero-order valence-corrected chi connectivity index (χ0v) is 19.9. The molecule has 0 aromatic heterocycles. The molecular formula is C24H15BrCl2N2O4. The number of rotatable bonds is 5. The highest BCUT2D eigenvalue weighted by molar-refractivity contribution is 9.10. The predicted molar refractivity (Wildman–Crippen MR) is 130 cm³/mol. The summed E-state index contributed by atoms with van der Waals surface area (Å²) >= 11 is 15.6. The molecule has 1 aliphatic rings. The maximum atomic E-state index is 13.1. The number of nitrogens with one attached hydrogen (secondary N) is 1. The van der Waals surface area contributed by atoms with Crippen LogP contribution in [0.2, 0.25) is 10.0 Å². The molecule has 9 heteroatoms. The van der Waals surface area contributed by atoms with Crippen molar-refractivity contribution in [3.8, 4) is 5.75 Å². The van der Waals surface area contributed by atoms with Crippen LogP contribution in [0.5, 0.6) is 5.75 Å². The van der Waals surface area contributed by atoms with Gasteiger partial charge in [0.25, 0.3) is 11.8 Å². The number of anilines is 1. The fourth-order valence-corrected chi connectivity index (χ4v) is 4.02. The number of nitrogens with zero attached hydrogens (tertiary/aromatic N) is 1. The number of halogens is 3. The number of barbiturate groups is 1. The molecule has 1 N–H and O–H groups in total. The fraction of sp³-hybridized carbons (Fsp3) is 0.0417. The van der Waals surface area contributed by atoms with Gasteiger partial charge >= 0.3 is 6.03 Å². The lowest BCUT2D eigenvalue weighted by atomic mass is 10.1. The highest BCUT2D eigenvalue weighted by atomic mass is 79.9. The van der Waals surface area contributed by atoms with Crippen LogP contribution >= 0.6 is 39.1 Å². The molecule has 1 fully saturated rings. The second-order valence-corrected chi connectivity index (χ2v) is 8.76. The molecule has 4 rings (SSSR count). The van der Waals surface area contributed by atoms with E-state index in [1.165, 1.54) is 6.08 Å². The quantitative estimate of drug-likeness (QED) is 0.315. The van der Waals surface area contributed by atoms with Gasteiger partial charge in [0.15, 0.2) is 0 Å². The highest BCUT2D eigenvalue weighted by Crippen LogP contribution is 2.30. The van der Waals surface area contributed by atoms with Crippen molar-refractivity contribution in [2.45, 2.75) is 6.61 Å². The largest absolute Gasteiger partial charge is 0.488 e. The first-order chi connectivity index (χ1) is 15.8. The summed E-state index contributed by atoms with van der Waals surface area (Å²) < 4.78 is 6.64. The van der Waals surface area contributed by atoms with Gasteiger partial charge in [-0.2, -0.15) is 0 Å². The van der Waals surface area contributed by atoms with E-state index < -0.39 is 17.8 Å². The van der Waals surface area contributed by atoms with Gasteiger partial charge in [-0.3, -0.25) is 14.9 Å². The molecule has 166 valence electrons. The lowest BCUT2D eigenvalue weighted by Gasteiger charge is -2.26. The number of amides is 4. The molecule has 3 aromatic carbocycles. The fourth-order valence-electron chi connectivity index (χ4n) is 3.18. The maximum Gasteiger partial charge on any atom is 0.335 e. The molecule has 3 aromatic rings. The molecular weight excluding hydrogens is 531 g/mol. The van der Waals surface area contributed by atoms with Gasteiger partial charge in [0, 0.05) is 25.6 Å². The van der Waals surface area contributed by atoms with Crippen molar-refractivity contribution in [1.29, 1.82) is 0 Å². The molecule has 0 saturated carbocycles. The standard InChI is InChI=1S/C24H15BrCl2N2O4/c25-16-7-9-21(33-13-14-6-8-17(26)12-20(14)27)15(10-16)11-19-22(30)28-24(32)29(23(19)31)18-4-2-1-3-5-18/h1-12H,13H2,(H,28,30,32)/b19-11+. The Kier molecular flexibility index (Phi) is 6.83. The van der Waals surface area contributed by atoms with Crippen molar-refractivity contribution >= 4 is 68.7 Å². The van der Waals surface area contributed by atoms with E-state index in [0.29, 0.717) is 31.5 Å². The first kappa shape index (κ1) is 23.0. The minimum Gasteiger partial charge on any atom is -0.488 e. The van der Waals surface area contributed by atoms with E-state index in [-0.39, 0.29) is 12.2 Å². The topological polar surface area (TPSA) is 75.7 Å². The summed E-state index contributed by atoms with van der Waals surface area (Å²) in [6.07, 6.45) is 1.39. The van der Waals surface area contributed by atoms with Crippen molar-refractivity contribution in [2.24, 2.45) is 0 Å². The summed E-state index contributed by atoms with van der Waals surface area (Å²) in [6.45, 7) is 0.141. The number of benzene rings is 3. The minimum absolute atomic E-state index is 0.141. The van der Waals surface area contributed by atoms with E-state index in [1.807, 2.05) is 0 Å². The molecule has 4 amide bonds. The molecule has 0 spiro atoms. The Balaban J connectivity index is 1.67. The Morgan fingerprint density at radius 2 is 1.73 bits per heavy atom. The predicted octanol–water partition coefficient (Wildman–Crippen LogP) is 6.00. The Hall–Kier alpha value is -3.13. The van der Waals surface area contributed by atoms with Gasteiger partial charge in [-0.05, 0) is 48.5 Å². The van der Waals surface area contributed by atoms with Crippen molar-refractivity contribution in [2.75, 3.05) is 4.90 Å². The third-order valence-electron chi connectivity index (χ3n) is 4.79. The van der Waals surface area contributed by atoms with Crippen LogP contribution in [0.1, 0.15) is 11.1 Å². The molecule has 0 aliphatic carbocycles. The van der Waals surface area contributed by atoms with Crippen LogP contribution in [0.3, 0.4) is 0 Å². The lowest BCUT2D eigenvalue weighted by Crippen LogP contribution is -2.54. The van der Waals surface area contributed by atoms with Gasteiger partial charge < -0.3 is 4.74 Å². The van der Waals surface area contributed by atoms with E-state index in [0.717, 1.165) is 10.5 Å². The summed E-state index contributed by atoms with van der Waals surface area (Å²) in [4.78, 5) is 38.9. The maximum absolute atomic E-state index is 13.1. The monoisotopic (exact) mass is 544 g/mol. The minimum atomic E-state index is -0.809. The van der Waals surface area contributed by atoms with Gasteiger partial charge in [0.1, 0.15) is 17.9 Å². The Morgan fingerprint density at radius 1 is 0.970 bits per heavy atom. The number of carbonyl (C=O) groups excluding carboxylic acids is 3. The molecule has 0 atom stereocenters. The van der Waals surface area contributed by atoms with Crippen molar-refractivity contribution in [3.05, 3.63) is 97.9 Å². The van der Waals surface area contributed by atoms with Crippen LogP contribution < -0.4 is 15.0 Å². The van der Waals surface area contributed by atoms with Gasteiger partial charge in [-0.25, -0.2) is 9.69 Å². The number of hydrogen-bond acceptors (Lipinski definition) is 4. The van der Waals surface area contributed by atoms with Crippen molar-refractivity contribution in [1.82, 2.24) is 5.32 Å². The number of ether oxygens (including phenoxy) is 1. The smallest absolute Gasteiger partial charge is 0.335 e. The van der Waals surface area contributed by atoms with Crippen LogP contribution in [0.15, 0.2) is 76.8 Å². The number of carbonyl (C=O) groups is 3. The molecule has 1 heterocycles. The Morgan fingerprint density at radius 3 is 2.45 bits per heavy atom. The molecule has 6 nitrogen and oxygen atoms in total. The molecule has 33 heavy (non-hydrogen) atoms. The van der Waals surface area contributed by atoms with Gasteiger partial charge in [0.05, 0.1) is 5.69 Å². The van der Waals surface area contributed by atoms with E-state index >= 15 is 0 Å². The molecule has 0 unspecified atom stereocenters. The van der Waals surface area contributed by atoms with Crippen molar-refractivity contribution in [3.63, 3.8) is 0 Å². The van der Waals surface area contributed by atoms with Gasteiger partial charge in [-0.15, -0.1) is 0 Å². The van der Waals surface area contributed by atoms with Crippen LogP contribution in [0.4, 0.5) is 10.5 Å². The first-order valence-electron chi connectivity index (χ1n) is 9.66. The Labute approximate surface area is 207 Å². The molecule has 0 radical (unpaired) electrons. The zero-order chi connectivity index (χ0) is 23.5. The first-order valence-corrected chi connectivity index (χ1v) is 11.2. The van der Waals surface area contributed by atoms with Gasteiger partial charge in [0.2, 0.25) is 0 Å². The second kappa shape index (κ2) is 9.79. The SMILES string of the molecule is O=C1NC(=O)N(c2ccccc2)C(=O)/C1=C/c1cc(Br)ccc1OCc1ccc(Cl)cc1Cl. The second-order valence-electron chi connectivity index (χ2n) is 7.00. The summed E-state index contributed by atoms with van der Waals surface area (Å²) in [5, 5.41) is 3.18. The van der Waals surface area contributed by atoms with Crippen LogP contribution in [-0.4, -0.2) is 17.8 Å². The van der Waals surface area contributed by atoms with E-state index in [9.17, 15) is 14.4 Å². The highest BCUT2D eigenvalue weighted by Gasteiger charge is 2.36. The number of hydrogen-bond donors (Lipinski definition) is 1. The molecule has 1 saturated heterocycles. The summed E-state index contributed by atoms with van der Waals surface area (Å²) in [5.74, 6) is -1.11. The van der Waals surface area contributed by atoms with Crippen molar-refractivity contribution < 1.29 is 19.1 Å². The van der Waals surface area contributed by atoms with E-state index in [1.54, 1.807) is 66.7 Å². The number of imide groups is 2. The average Bonchev–Trinajstić information content (AvgIpc) is 2.77. The third kappa shape index (κ3) is 5.11. The van der Waals surface area contributed by atoms with Gasteiger partial charge in [-0.1, -0.05) is 63.4 Å². The Bertz CT molecular complexity index is 1290. The number of urea groups is 1. The summed E-state index contributed by atoms with van der Waals surface area (Å²) in [5.41, 5.74) is 1.33. The van der Waals surface area contributed by atoms with Crippen LogP contribution in [0, 0.1) is 0 Å². The average molecular weight is 546 g/mol. The molecule has 1 aliphatic heterocycles. The van der Waals surface area contributed by atoms with E-state index in [2.05, 4.69) is 21.2 Å². The zero-order valence-electron chi connectivity index (χ0n) is 16.8.